The van der Waals surface area contributed by atoms with Gasteiger partial charge in [-0.2, -0.15) is 0 Å². The summed E-state index contributed by atoms with van der Waals surface area (Å²) in [6.07, 6.45) is -0.0627. The second kappa shape index (κ2) is 7.22. The SMILES string of the molecule is CC(CC(O)CN1CCOCC1)C(=O)OC(C)(C)C. The van der Waals surface area contributed by atoms with Crippen LogP contribution >= 0.6 is 0 Å². The Labute approximate surface area is 115 Å². The summed E-state index contributed by atoms with van der Waals surface area (Å²) >= 11 is 0. The highest BCUT2D eigenvalue weighted by molar-refractivity contribution is 5.72. The highest BCUT2D eigenvalue weighted by Crippen LogP contribution is 2.15. The van der Waals surface area contributed by atoms with Gasteiger partial charge in [-0.05, 0) is 27.2 Å². The maximum Gasteiger partial charge on any atom is 0.309 e. The van der Waals surface area contributed by atoms with Gasteiger partial charge in [0.15, 0.2) is 0 Å². The third-order valence-electron chi connectivity index (χ3n) is 3.01. The van der Waals surface area contributed by atoms with Crippen molar-refractivity contribution in [2.75, 3.05) is 32.8 Å². The third-order valence-corrected chi connectivity index (χ3v) is 3.01. The fraction of sp³-hybridized carbons (Fsp3) is 0.929. The topological polar surface area (TPSA) is 59.0 Å². The number of β-amino-alcohol motifs (C(OH)–C–C–N with tert-alkyl or cyclic N) is 1. The predicted octanol–water partition coefficient (Wildman–Crippen LogP) is 1.05. The lowest BCUT2D eigenvalue weighted by Gasteiger charge is -2.29. The maximum absolute atomic E-state index is 11.8. The Morgan fingerprint density at radius 3 is 2.47 bits per heavy atom. The van der Waals surface area contributed by atoms with Gasteiger partial charge in [0.05, 0.1) is 25.2 Å². The Hall–Kier alpha value is -0.650. The predicted molar refractivity (Wildman–Crippen MR) is 72.9 cm³/mol. The molecule has 0 saturated carbocycles. The summed E-state index contributed by atoms with van der Waals surface area (Å²) in [5, 5.41) is 10.0. The monoisotopic (exact) mass is 273 g/mol. The van der Waals surface area contributed by atoms with Crippen LogP contribution in [-0.4, -0.2) is 60.5 Å². The molecule has 1 rings (SSSR count). The van der Waals surface area contributed by atoms with Crippen molar-refractivity contribution in [2.24, 2.45) is 5.92 Å². The van der Waals surface area contributed by atoms with Crippen LogP contribution in [0.25, 0.3) is 0 Å². The van der Waals surface area contributed by atoms with Crippen molar-refractivity contribution in [1.29, 1.82) is 0 Å². The number of ether oxygens (including phenoxy) is 2. The molecule has 1 heterocycles. The van der Waals surface area contributed by atoms with Crippen molar-refractivity contribution in [2.45, 2.75) is 45.8 Å². The smallest absolute Gasteiger partial charge is 0.309 e. The fourth-order valence-electron chi connectivity index (χ4n) is 2.06. The zero-order chi connectivity index (χ0) is 14.5. The lowest BCUT2D eigenvalue weighted by molar-refractivity contribution is -0.160. The second-order valence-electron chi connectivity index (χ2n) is 6.24. The molecule has 0 aromatic carbocycles. The Bertz CT molecular complexity index is 282. The number of carbonyl (C=O) groups is 1. The van der Waals surface area contributed by atoms with Crippen LogP contribution in [0.3, 0.4) is 0 Å². The van der Waals surface area contributed by atoms with E-state index in [2.05, 4.69) is 4.90 Å². The summed E-state index contributed by atoms with van der Waals surface area (Å²) < 4.78 is 10.6. The van der Waals surface area contributed by atoms with Crippen molar-refractivity contribution >= 4 is 5.97 Å². The molecule has 0 aliphatic carbocycles. The largest absolute Gasteiger partial charge is 0.460 e. The number of hydrogen-bond donors (Lipinski definition) is 1. The van der Waals surface area contributed by atoms with Crippen molar-refractivity contribution in [3.05, 3.63) is 0 Å². The maximum atomic E-state index is 11.8. The molecule has 1 N–H and O–H groups in total. The number of rotatable bonds is 5. The molecule has 1 aliphatic rings. The van der Waals surface area contributed by atoms with Crippen LogP contribution in [-0.2, 0) is 14.3 Å². The number of nitrogens with zero attached hydrogens (tertiary/aromatic N) is 1. The van der Waals surface area contributed by atoms with Gasteiger partial charge in [-0.15, -0.1) is 0 Å². The van der Waals surface area contributed by atoms with E-state index >= 15 is 0 Å². The molecule has 0 aromatic rings. The summed E-state index contributed by atoms with van der Waals surface area (Å²) in [7, 11) is 0. The van der Waals surface area contributed by atoms with Crippen LogP contribution in [0.15, 0.2) is 0 Å². The number of hydrogen-bond acceptors (Lipinski definition) is 5. The molecule has 1 saturated heterocycles. The van der Waals surface area contributed by atoms with E-state index in [9.17, 15) is 9.90 Å². The standard InChI is InChI=1S/C14H27NO4/c1-11(13(17)19-14(2,3)4)9-12(16)10-15-5-7-18-8-6-15/h11-12,16H,5-10H2,1-4H3. The Kier molecular flexibility index (Phi) is 6.23. The van der Waals surface area contributed by atoms with E-state index < -0.39 is 11.7 Å². The minimum absolute atomic E-state index is 0.242. The number of aliphatic hydroxyl groups excluding tert-OH is 1. The summed E-state index contributed by atoms with van der Waals surface area (Å²) in [6, 6.07) is 0. The number of esters is 1. The molecule has 0 amide bonds. The number of aliphatic hydroxyl groups is 1. The van der Waals surface area contributed by atoms with Crippen molar-refractivity contribution < 1.29 is 19.4 Å². The van der Waals surface area contributed by atoms with E-state index in [1.165, 1.54) is 0 Å². The number of morpholine rings is 1. The van der Waals surface area contributed by atoms with Crippen molar-refractivity contribution in [3.8, 4) is 0 Å². The molecule has 2 unspecified atom stereocenters. The van der Waals surface area contributed by atoms with Gasteiger partial charge in [-0.1, -0.05) is 6.92 Å². The van der Waals surface area contributed by atoms with Crippen LogP contribution < -0.4 is 0 Å². The van der Waals surface area contributed by atoms with E-state index in [1.54, 1.807) is 6.92 Å². The highest BCUT2D eigenvalue weighted by Gasteiger charge is 2.25. The highest BCUT2D eigenvalue weighted by atomic mass is 16.6. The van der Waals surface area contributed by atoms with E-state index in [0.717, 1.165) is 13.1 Å². The van der Waals surface area contributed by atoms with E-state index in [4.69, 9.17) is 9.47 Å². The summed E-state index contributed by atoms with van der Waals surface area (Å²) in [6.45, 7) is 11.1. The van der Waals surface area contributed by atoms with Crippen LogP contribution in [0, 0.1) is 5.92 Å². The molecule has 0 radical (unpaired) electrons. The van der Waals surface area contributed by atoms with Crippen LogP contribution in [0.1, 0.15) is 34.1 Å². The molecule has 1 fully saturated rings. The Morgan fingerprint density at radius 1 is 1.37 bits per heavy atom. The molecule has 19 heavy (non-hydrogen) atoms. The average Bonchev–Trinajstić information content (AvgIpc) is 2.27. The van der Waals surface area contributed by atoms with Crippen molar-refractivity contribution in [3.63, 3.8) is 0 Å². The zero-order valence-corrected chi connectivity index (χ0v) is 12.5. The summed E-state index contributed by atoms with van der Waals surface area (Å²) in [4.78, 5) is 14.0. The molecule has 0 aromatic heterocycles. The van der Waals surface area contributed by atoms with Gasteiger partial charge in [0.1, 0.15) is 5.60 Å². The first-order chi connectivity index (χ1) is 8.78. The zero-order valence-electron chi connectivity index (χ0n) is 12.5. The molecule has 0 spiro atoms. The first-order valence-electron chi connectivity index (χ1n) is 6.99. The lowest BCUT2D eigenvalue weighted by Crippen LogP contribution is -2.41. The first-order valence-corrected chi connectivity index (χ1v) is 6.99. The van der Waals surface area contributed by atoms with Crippen LogP contribution in [0.5, 0.6) is 0 Å². The summed E-state index contributed by atoms with van der Waals surface area (Å²) in [5.74, 6) is -0.524. The molecule has 112 valence electrons. The van der Waals surface area contributed by atoms with E-state index in [0.29, 0.717) is 26.2 Å². The van der Waals surface area contributed by atoms with Crippen LogP contribution in [0.4, 0.5) is 0 Å². The van der Waals surface area contributed by atoms with Crippen molar-refractivity contribution in [1.82, 2.24) is 4.90 Å². The molecule has 5 nitrogen and oxygen atoms in total. The van der Waals surface area contributed by atoms with Gasteiger partial charge in [0.2, 0.25) is 0 Å². The molecule has 5 heteroatoms. The average molecular weight is 273 g/mol. The number of carbonyl (C=O) groups excluding carboxylic acids is 1. The molecule has 0 bridgehead atoms. The van der Waals surface area contributed by atoms with Gasteiger partial charge in [-0.25, -0.2) is 0 Å². The minimum atomic E-state index is -0.499. The van der Waals surface area contributed by atoms with Gasteiger partial charge in [0.25, 0.3) is 0 Å². The quantitative estimate of drug-likeness (QED) is 0.759. The lowest BCUT2D eigenvalue weighted by atomic mass is 10.0. The van der Waals surface area contributed by atoms with E-state index in [-0.39, 0.29) is 11.9 Å². The first kappa shape index (κ1) is 16.4. The van der Waals surface area contributed by atoms with Crippen LogP contribution in [0.2, 0.25) is 0 Å². The van der Waals surface area contributed by atoms with Gasteiger partial charge in [-0.3, -0.25) is 9.69 Å². The third kappa shape index (κ3) is 6.89. The molecule has 1 aliphatic heterocycles. The van der Waals surface area contributed by atoms with Gasteiger partial charge in [0, 0.05) is 19.6 Å². The molecular weight excluding hydrogens is 246 g/mol. The molecule has 2 atom stereocenters. The van der Waals surface area contributed by atoms with Gasteiger partial charge >= 0.3 is 5.97 Å². The summed E-state index contributed by atoms with van der Waals surface area (Å²) in [5.41, 5.74) is -0.472. The Balaban J connectivity index is 2.30. The Morgan fingerprint density at radius 2 is 1.95 bits per heavy atom. The normalized spacial score (nSPS) is 20.9. The van der Waals surface area contributed by atoms with Gasteiger partial charge < -0.3 is 14.6 Å². The fourth-order valence-corrected chi connectivity index (χ4v) is 2.06. The molecular formula is C14H27NO4. The minimum Gasteiger partial charge on any atom is -0.460 e. The van der Waals surface area contributed by atoms with E-state index in [1.807, 2.05) is 20.8 Å². The second-order valence-corrected chi connectivity index (χ2v) is 6.24.